The molecule has 1 aromatic rings. The standard InChI is InChI=1S/C20H32N4O3.HI/c1-6-21-19(22-13-18(25)27-20(2,3)4)23-15-11-12-24(14-15)16-9-7-8-10-17(16)26-5;/h7-10,15H,6,11-14H2,1-5H3,(H2,21,22,23);1H. The van der Waals surface area contributed by atoms with Crippen LogP contribution in [0.15, 0.2) is 29.3 Å². The van der Waals surface area contributed by atoms with E-state index < -0.39 is 5.60 Å². The number of ether oxygens (including phenoxy) is 2. The maximum atomic E-state index is 11.9. The summed E-state index contributed by atoms with van der Waals surface area (Å²) < 4.78 is 10.8. The largest absolute Gasteiger partial charge is 0.495 e. The molecule has 1 saturated heterocycles. The Labute approximate surface area is 185 Å². The Balaban J connectivity index is 0.00000392. The first kappa shape index (κ1) is 24.3. The molecule has 0 aromatic heterocycles. The van der Waals surface area contributed by atoms with Gasteiger partial charge in [0, 0.05) is 25.7 Å². The van der Waals surface area contributed by atoms with Crippen molar-refractivity contribution in [2.75, 3.05) is 38.2 Å². The van der Waals surface area contributed by atoms with Crippen LogP contribution < -0.4 is 20.3 Å². The molecule has 7 nitrogen and oxygen atoms in total. The van der Waals surface area contributed by atoms with Crippen molar-refractivity contribution in [3.8, 4) is 5.75 Å². The van der Waals surface area contributed by atoms with Crippen molar-refractivity contribution in [2.45, 2.75) is 45.8 Å². The van der Waals surface area contributed by atoms with Crippen molar-refractivity contribution in [1.82, 2.24) is 10.6 Å². The third-order valence-electron chi connectivity index (χ3n) is 4.09. The molecular weight excluding hydrogens is 471 g/mol. The average molecular weight is 504 g/mol. The molecule has 2 rings (SSSR count). The van der Waals surface area contributed by atoms with Gasteiger partial charge in [-0.2, -0.15) is 0 Å². The molecule has 1 heterocycles. The van der Waals surface area contributed by atoms with Gasteiger partial charge in [-0.3, -0.25) is 4.79 Å². The number of halogens is 1. The first-order valence-electron chi connectivity index (χ1n) is 9.47. The fourth-order valence-corrected chi connectivity index (χ4v) is 3.02. The van der Waals surface area contributed by atoms with Gasteiger partial charge in [0.2, 0.25) is 0 Å². The summed E-state index contributed by atoms with van der Waals surface area (Å²) in [5.41, 5.74) is 0.596. The van der Waals surface area contributed by atoms with Crippen LogP contribution in [0.4, 0.5) is 5.69 Å². The number of benzene rings is 1. The highest BCUT2D eigenvalue weighted by Gasteiger charge is 2.25. The summed E-state index contributed by atoms with van der Waals surface area (Å²) in [4.78, 5) is 18.6. The van der Waals surface area contributed by atoms with E-state index in [1.165, 1.54) is 0 Å². The fourth-order valence-electron chi connectivity index (χ4n) is 3.02. The molecular formula is C20H33IN4O3. The summed E-state index contributed by atoms with van der Waals surface area (Å²) in [6.45, 7) is 10.1. The SMILES string of the molecule is CCNC(=NCC(=O)OC(C)(C)C)NC1CCN(c2ccccc2OC)C1.I. The minimum absolute atomic E-state index is 0. The second kappa shape index (κ2) is 11.3. The fraction of sp³-hybridized carbons (Fsp3) is 0.600. The number of esters is 1. The molecule has 1 aliphatic heterocycles. The Morgan fingerprint density at radius 3 is 2.68 bits per heavy atom. The highest BCUT2D eigenvalue weighted by Crippen LogP contribution is 2.30. The second-order valence-electron chi connectivity index (χ2n) is 7.53. The number of rotatable bonds is 6. The Bertz CT molecular complexity index is 661. The first-order chi connectivity index (χ1) is 12.8. The van der Waals surface area contributed by atoms with Gasteiger partial charge in [-0.1, -0.05) is 12.1 Å². The predicted molar refractivity (Wildman–Crippen MR) is 124 cm³/mol. The van der Waals surface area contributed by atoms with E-state index in [2.05, 4.69) is 26.6 Å². The minimum atomic E-state index is -0.501. The lowest BCUT2D eigenvalue weighted by molar-refractivity contribution is -0.152. The average Bonchev–Trinajstić information content (AvgIpc) is 3.06. The Morgan fingerprint density at radius 1 is 1.32 bits per heavy atom. The van der Waals surface area contributed by atoms with Gasteiger partial charge in [-0.25, -0.2) is 4.99 Å². The molecule has 0 aliphatic carbocycles. The zero-order valence-electron chi connectivity index (χ0n) is 17.4. The van der Waals surface area contributed by atoms with Crippen LogP contribution in [0.2, 0.25) is 0 Å². The highest BCUT2D eigenvalue weighted by atomic mass is 127. The monoisotopic (exact) mass is 504 g/mol. The number of methoxy groups -OCH3 is 1. The summed E-state index contributed by atoms with van der Waals surface area (Å²) in [5, 5.41) is 6.61. The Morgan fingerprint density at radius 2 is 2.04 bits per heavy atom. The summed E-state index contributed by atoms with van der Waals surface area (Å²) in [5.74, 6) is 1.18. The summed E-state index contributed by atoms with van der Waals surface area (Å²) >= 11 is 0. The molecule has 28 heavy (non-hydrogen) atoms. The van der Waals surface area contributed by atoms with Crippen molar-refractivity contribution >= 4 is 41.6 Å². The van der Waals surface area contributed by atoms with Crippen LogP contribution in [0.5, 0.6) is 5.75 Å². The number of hydrogen-bond donors (Lipinski definition) is 2. The quantitative estimate of drug-likeness (QED) is 0.269. The zero-order chi connectivity index (χ0) is 19.9. The Hall–Kier alpha value is -1.71. The molecule has 2 N–H and O–H groups in total. The molecule has 0 bridgehead atoms. The van der Waals surface area contributed by atoms with E-state index in [1.807, 2.05) is 45.9 Å². The molecule has 0 spiro atoms. The van der Waals surface area contributed by atoms with Crippen molar-refractivity contribution in [2.24, 2.45) is 4.99 Å². The smallest absolute Gasteiger partial charge is 0.328 e. The number of hydrogen-bond acceptors (Lipinski definition) is 5. The third kappa shape index (κ3) is 7.73. The molecule has 1 aliphatic rings. The number of aliphatic imine (C=N–C) groups is 1. The van der Waals surface area contributed by atoms with Gasteiger partial charge in [-0.15, -0.1) is 24.0 Å². The normalized spacial score (nSPS) is 17.0. The highest BCUT2D eigenvalue weighted by molar-refractivity contribution is 14.0. The summed E-state index contributed by atoms with van der Waals surface area (Å²) in [7, 11) is 1.69. The lowest BCUT2D eigenvalue weighted by atomic mass is 10.2. The lowest BCUT2D eigenvalue weighted by Gasteiger charge is -2.22. The molecule has 0 saturated carbocycles. The number of anilines is 1. The van der Waals surface area contributed by atoms with Crippen LogP contribution >= 0.6 is 24.0 Å². The van der Waals surface area contributed by atoms with Crippen LogP contribution in [-0.4, -0.2) is 56.9 Å². The maximum Gasteiger partial charge on any atom is 0.328 e. The van der Waals surface area contributed by atoms with Gasteiger partial charge >= 0.3 is 5.97 Å². The first-order valence-corrected chi connectivity index (χ1v) is 9.47. The van der Waals surface area contributed by atoms with E-state index in [1.54, 1.807) is 7.11 Å². The molecule has 1 aromatic carbocycles. The minimum Gasteiger partial charge on any atom is -0.495 e. The van der Waals surface area contributed by atoms with E-state index in [0.29, 0.717) is 5.96 Å². The van der Waals surface area contributed by atoms with E-state index >= 15 is 0 Å². The van der Waals surface area contributed by atoms with Crippen molar-refractivity contribution in [3.63, 3.8) is 0 Å². The van der Waals surface area contributed by atoms with Crippen molar-refractivity contribution < 1.29 is 14.3 Å². The van der Waals surface area contributed by atoms with E-state index in [0.717, 1.165) is 37.5 Å². The molecule has 1 fully saturated rings. The molecule has 8 heteroatoms. The second-order valence-corrected chi connectivity index (χ2v) is 7.53. The maximum absolute atomic E-state index is 11.9. The molecule has 1 atom stereocenters. The van der Waals surface area contributed by atoms with Gasteiger partial charge in [0.25, 0.3) is 0 Å². The van der Waals surface area contributed by atoms with Gasteiger partial charge in [0.05, 0.1) is 12.8 Å². The van der Waals surface area contributed by atoms with E-state index in [4.69, 9.17) is 9.47 Å². The number of para-hydroxylation sites is 2. The summed E-state index contributed by atoms with van der Waals surface area (Å²) in [6.07, 6.45) is 0.981. The lowest BCUT2D eigenvalue weighted by Crippen LogP contribution is -2.45. The van der Waals surface area contributed by atoms with Gasteiger partial charge in [0.1, 0.15) is 17.9 Å². The molecule has 0 amide bonds. The number of carbonyl (C=O) groups is 1. The molecule has 158 valence electrons. The van der Waals surface area contributed by atoms with Crippen LogP contribution in [0.3, 0.4) is 0 Å². The van der Waals surface area contributed by atoms with Crippen molar-refractivity contribution in [1.29, 1.82) is 0 Å². The van der Waals surface area contributed by atoms with Crippen LogP contribution in [0.1, 0.15) is 34.1 Å². The van der Waals surface area contributed by atoms with Gasteiger partial charge in [0.15, 0.2) is 5.96 Å². The van der Waals surface area contributed by atoms with Crippen LogP contribution in [-0.2, 0) is 9.53 Å². The molecule has 1 unspecified atom stereocenters. The summed E-state index contributed by atoms with van der Waals surface area (Å²) in [6, 6.07) is 8.28. The third-order valence-corrected chi connectivity index (χ3v) is 4.09. The van der Waals surface area contributed by atoms with Crippen LogP contribution in [0, 0.1) is 0 Å². The zero-order valence-corrected chi connectivity index (χ0v) is 19.8. The molecule has 0 radical (unpaired) electrons. The van der Waals surface area contributed by atoms with Gasteiger partial charge < -0.3 is 25.0 Å². The van der Waals surface area contributed by atoms with Crippen molar-refractivity contribution in [3.05, 3.63) is 24.3 Å². The number of nitrogens with one attached hydrogen (secondary N) is 2. The Kier molecular flexibility index (Phi) is 9.84. The predicted octanol–water partition coefficient (Wildman–Crippen LogP) is 2.79. The topological polar surface area (TPSA) is 75.2 Å². The van der Waals surface area contributed by atoms with Gasteiger partial charge in [-0.05, 0) is 46.2 Å². The van der Waals surface area contributed by atoms with Crippen LogP contribution in [0.25, 0.3) is 0 Å². The number of nitrogens with zero attached hydrogens (tertiary/aromatic N) is 2. The van der Waals surface area contributed by atoms with E-state index in [-0.39, 0.29) is 42.5 Å². The van der Waals surface area contributed by atoms with E-state index in [9.17, 15) is 4.79 Å². The number of carbonyl (C=O) groups excluding carboxylic acids is 1. The number of guanidine groups is 1.